The molecule has 1 heterocycles. The molecule has 0 bridgehead atoms. The van der Waals surface area contributed by atoms with Crippen molar-refractivity contribution in [2.75, 3.05) is 6.54 Å². The van der Waals surface area contributed by atoms with Gasteiger partial charge in [0.1, 0.15) is 0 Å². The fraction of sp³-hybridized carbons (Fsp3) is 0.500. The van der Waals surface area contributed by atoms with E-state index in [0.717, 1.165) is 25.0 Å². The zero-order valence-electron chi connectivity index (χ0n) is 11.5. The van der Waals surface area contributed by atoms with Crippen LogP contribution in [0.25, 0.3) is 0 Å². The fourth-order valence-corrected chi connectivity index (χ4v) is 2.69. The van der Waals surface area contributed by atoms with Gasteiger partial charge in [-0.25, -0.2) is 0 Å². The zero-order chi connectivity index (χ0) is 14.9. The first kappa shape index (κ1) is 14.4. The van der Waals surface area contributed by atoms with Crippen molar-refractivity contribution in [3.05, 3.63) is 39.7 Å². The Labute approximate surface area is 116 Å². The molecule has 0 N–H and O–H groups in total. The minimum Gasteiger partial charge on any atom is -0.335 e. The number of nitro groups is 1. The van der Waals surface area contributed by atoms with Crippen LogP contribution < -0.4 is 0 Å². The van der Waals surface area contributed by atoms with Gasteiger partial charge in [0, 0.05) is 24.2 Å². The molecule has 1 fully saturated rings. The Balaban J connectivity index is 2.29. The van der Waals surface area contributed by atoms with Crippen LogP contribution in [-0.2, 0) is 0 Å². The lowest BCUT2D eigenvalue weighted by atomic mass is 10.0. The predicted octanol–water partition coefficient (Wildman–Crippen LogP) is 2.99. The first-order valence-electron chi connectivity index (χ1n) is 6.66. The molecule has 1 aromatic rings. The molecule has 108 valence electrons. The third-order valence-corrected chi connectivity index (χ3v) is 3.72. The van der Waals surface area contributed by atoms with Crippen LogP contribution in [0.2, 0.25) is 0 Å². The van der Waals surface area contributed by atoms with E-state index < -0.39 is 16.4 Å². The average molecular weight is 280 g/mol. The number of carbonyl (C=O) groups excluding carboxylic acids is 1. The summed E-state index contributed by atoms with van der Waals surface area (Å²) < 4.78 is 13.3. The number of amides is 1. The molecular weight excluding hydrogens is 263 g/mol. The van der Waals surface area contributed by atoms with Crippen molar-refractivity contribution < 1.29 is 14.1 Å². The monoisotopic (exact) mass is 280 g/mol. The van der Waals surface area contributed by atoms with Gasteiger partial charge in [-0.3, -0.25) is 14.9 Å². The summed E-state index contributed by atoms with van der Waals surface area (Å²) in [5, 5.41) is 10.7. The number of nitro benzene ring substituents is 1. The Kier molecular flexibility index (Phi) is 4.01. The van der Waals surface area contributed by atoms with Gasteiger partial charge in [0.25, 0.3) is 5.91 Å². The van der Waals surface area contributed by atoms with Gasteiger partial charge in [-0.2, -0.15) is 4.39 Å². The Morgan fingerprint density at radius 1 is 1.50 bits per heavy atom. The van der Waals surface area contributed by atoms with Crippen LogP contribution in [0, 0.1) is 21.8 Å². The van der Waals surface area contributed by atoms with Gasteiger partial charge in [-0.15, -0.1) is 0 Å². The third kappa shape index (κ3) is 2.64. The second-order valence-electron chi connectivity index (χ2n) is 5.38. The lowest BCUT2D eigenvalue weighted by molar-refractivity contribution is -0.387. The molecule has 1 saturated heterocycles. The first-order chi connectivity index (χ1) is 9.41. The first-order valence-corrected chi connectivity index (χ1v) is 6.66. The number of hydrogen-bond donors (Lipinski definition) is 0. The fourth-order valence-electron chi connectivity index (χ4n) is 2.69. The van der Waals surface area contributed by atoms with Gasteiger partial charge in [0.05, 0.1) is 4.92 Å². The van der Waals surface area contributed by atoms with Crippen LogP contribution in [0.1, 0.15) is 37.0 Å². The average Bonchev–Trinajstić information content (AvgIpc) is 2.87. The molecule has 1 aliphatic rings. The molecule has 1 atom stereocenters. The van der Waals surface area contributed by atoms with Crippen LogP contribution in [0.15, 0.2) is 18.2 Å². The highest BCUT2D eigenvalue weighted by atomic mass is 19.1. The quantitative estimate of drug-likeness (QED) is 0.631. The summed E-state index contributed by atoms with van der Waals surface area (Å²) in [6, 6.07) is 3.45. The summed E-state index contributed by atoms with van der Waals surface area (Å²) in [5.41, 5.74) is -0.484. The second kappa shape index (κ2) is 5.56. The maximum atomic E-state index is 13.3. The van der Waals surface area contributed by atoms with Crippen LogP contribution in [0.5, 0.6) is 0 Å². The summed E-state index contributed by atoms with van der Waals surface area (Å²) in [6.07, 6.45) is 1.87. The maximum Gasteiger partial charge on any atom is 0.305 e. The van der Waals surface area contributed by atoms with Crippen molar-refractivity contribution in [2.24, 2.45) is 5.92 Å². The van der Waals surface area contributed by atoms with E-state index >= 15 is 0 Å². The topological polar surface area (TPSA) is 63.5 Å². The van der Waals surface area contributed by atoms with Crippen molar-refractivity contribution in [1.29, 1.82) is 0 Å². The zero-order valence-corrected chi connectivity index (χ0v) is 11.5. The lowest BCUT2D eigenvalue weighted by Gasteiger charge is -2.27. The SMILES string of the molecule is CC(C)C1CCCN1C(=O)c1ccc(F)c([N+](=O)[O-])c1. The van der Waals surface area contributed by atoms with Crippen molar-refractivity contribution >= 4 is 11.6 Å². The summed E-state index contributed by atoms with van der Waals surface area (Å²) >= 11 is 0. The Morgan fingerprint density at radius 2 is 2.20 bits per heavy atom. The van der Waals surface area contributed by atoms with E-state index in [9.17, 15) is 19.3 Å². The van der Waals surface area contributed by atoms with E-state index in [1.54, 1.807) is 4.90 Å². The van der Waals surface area contributed by atoms with Crippen molar-refractivity contribution in [1.82, 2.24) is 4.90 Å². The largest absolute Gasteiger partial charge is 0.335 e. The highest BCUT2D eigenvalue weighted by Gasteiger charge is 2.32. The van der Waals surface area contributed by atoms with Gasteiger partial charge in [-0.05, 0) is 30.9 Å². The molecule has 1 amide bonds. The molecule has 20 heavy (non-hydrogen) atoms. The van der Waals surface area contributed by atoms with E-state index in [4.69, 9.17) is 0 Å². The van der Waals surface area contributed by atoms with Crippen LogP contribution >= 0.6 is 0 Å². The molecule has 0 aromatic heterocycles. The lowest BCUT2D eigenvalue weighted by Crippen LogP contribution is -2.38. The third-order valence-electron chi connectivity index (χ3n) is 3.72. The molecule has 6 heteroatoms. The number of nitrogens with zero attached hydrogens (tertiary/aromatic N) is 2. The van der Waals surface area contributed by atoms with Crippen LogP contribution in [0.4, 0.5) is 10.1 Å². The molecule has 1 aliphatic heterocycles. The molecule has 0 radical (unpaired) electrons. The van der Waals surface area contributed by atoms with Gasteiger partial charge < -0.3 is 4.90 Å². The summed E-state index contributed by atoms with van der Waals surface area (Å²) in [4.78, 5) is 24.1. The van der Waals surface area contributed by atoms with E-state index in [1.807, 2.05) is 13.8 Å². The minimum absolute atomic E-state index is 0.145. The predicted molar refractivity (Wildman–Crippen MR) is 72.0 cm³/mol. The molecule has 5 nitrogen and oxygen atoms in total. The molecule has 2 rings (SSSR count). The van der Waals surface area contributed by atoms with Gasteiger partial charge in [0.2, 0.25) is 5.82 Å². The minimum atomic E-state index is -0.923. The molecule has 0 saturated carbocycles. The van der Waals surface area contributed by atoms with Crippen molar-refractivity contribution in [3.8, 4) is 0 Å². The molecule has 0 spiro atoms. The number of halogens is 1. The summed E-state index contributed by atoms with van der Waals surface area (Å²) in [5.74, 6) is -0.852. The van der Waals surface area contributed by atoms with Crippen molar-refractivity contribution in [2.45, 2.75) is 32.7 Å². The number of hydrogen-bond acceptors (Lipinski definition) is 3. The van der Waals surface area contributed by atoms with Gasteiger partial charge in [-0.1, -0.05) is 13.8 Å². The van der Waals surface area contributed by atoms with Gasteiger partial charge >= 0.3 is 5.69 Å². The van der Waals surface area contributed by atoms with E-state index in [0.29, 0.717) is 12.5 Å². The highest BCUT2D eigenvalue weighted by Crippen LogP contribution is 2.27. The van der Waals surface area contributed by atoms with Crippen molar-refractivity contribution in [3.63, 3.8) is 0 Å². The van der Waals surface area contributed by atoms with E-state index in [-0.39, 0.29) is 17.5 Å². The van der Waals surface area contributed by atoms with E-state index in [1.165, 1.54) is 6.07 Å². The number of benzene rings is 1. The molecule has 1 unspecified atom stereocenters. The van der Waals surface area contributed by atoms with Crippen LogP contribution in [0.3, 0.4) is 0 Å². The molecular formula is C14H17FN2O3. The number of likely N-dealkylation sites (tertiary alicyclic amines) is 1. The van der Waals surface area contributed by atoms with Gasteiger partial charge in [0.15, 0.2) is 0 Å². The Bertz CT molecular complexity index is 545. The Hall–Kier alpha value is -1.98. The second-order valence-corrected chi connectivity index (χ2v) is 5.38. The van der Waals surface area contributed by atoms with E-state index in [2.05, 4.69) is 0 Å². The number of rotatable bonds is 3. The molecule has 0 aliphatic carbocycles. The Morgan fingerprint density at radius 3 is 2.80 bits per heavy atom. The standard InChI is InChI=1S/C14H17FN2O3/c1-9(2)12-4-3-7-16(12)14(18)10-5-6-11(15)13(8-10)17(19)20/h5-6,8-9,12H,3-4,7H2,1-2H3. The van der Waals surface area contributed by atoms with Crippen LogP contribution in [-0.4, -0.2) is 28.3 Å². The summed E-state index contributed by atoms with van der Waals surface area (Å²) in [7, 11) is 0. The smallest absolute Gasteiger partial charge is 0.305 e. The normalized spacial score (nSPS) is 18.6. The highest BCUT2D eigenvalue weighted by molar-refractivity contribution is 5.95. The maximum absolute atomic E-state index is 13.3. The molecule has 1 aromatic carbocycles. The summed E-state index contributed by atoms with van der Waals surface area (Å²) in [6.45, 7) is 4.74. The number of carbonyl (C=O) groups is 1.